The van der Waals surface area contributed by atoms with E-state index in [2.05, 4.69) is 14.8 Å². The van der Waals surface area contributed by atoms with Crippen molar-refractivity contribution in [2.75, 3.05) is 31.1 Å². The number of pyridine rings is 1. The highest BCUT2D eigenvalue weighted by Gasteiger charge is 2.30. The van der Waals surface area contributed by atoms with Gasteiger partial charge in [0.15, 0.2) is 0 Å². The maximum atomic E-state index is 12.1. The van der Waals surface area contributed by atoms with Gasteiger partial charge >= 0.3 is 0 Å². The van der Waals surface area contributed by atoms with Crippen molar-refractivity contribution in [3.8, 4) is 0 Å². The summed E-state index contributed by atoms with van der Waals surface area (Å²) in [5, 5.41) is 9.08. The summed E-state index contributed by atoms with van der Waals surface area (Å²) in [6.07, 6.45) is 1.79. The van der Waals surface area contributed by atoms with Crippen LogP contribution in [0.3, 0.4) is 0 Å². The Bertz CT molecular complexity index is 628. The van der Waals surface area contributed by atoms with Gasteiger partial charge in [0.25, 0.3) is 5.91 Å². The molecule has 0 radical (unpaired) electrons. The largest absolute Gasteiger partial charge is 0.354 e. The maximum Gasteiger partial charge on any atom is 0.265 e. The Morgan fingerprint density at radius 2 is 1.74 bits per heavy atom. The van der Waals surface area contributed by atoms with Crippen LogP contribution in [0.15, 0.2) is 54.7 Å². The van der Waals surface area contributed by atoms with E-state index in [1.165, 1.54) is 0 Å². The van der Waals surface area contributed by atoms with Crippen molar-refractivity contribution >= 4 is 11.7 Å². The number of aromatic nitrogens is 1. The molecule has 0 bridgehead atoms. The molecule has 1 aromatic carbocycles. The minimum atomic E-state index is -0.480. The number of rotatable bonds is 4. The average Bonchev–Trinajstić information content (AvgIpc) is 2.64. The van der Waals surface area contributed by atoms with Crippen molar-refractivity contribution in [2.24, 2.45) is 0 Å². The van der Waals surface area contributed by atoms with E-state index in [1.54, 1.807) is 11.7 Å². The lowest BCUT2D eigenvalue weighted by molar-refractivity contribution is -0.135. The van der Waals surface area contributed by atoms with E-state index in [0.717, 1.165) is 37.6 Å². The summed E-state index contributed by atoms with van der Waals surface area (Å²) in [4.78, 5) is 20.8. The number of amides is 1. The Morgan fingerprint density at radius 3 is 2.35 bits per heavy atom. The standard InChI is InChI=1S/C17H20N4O2/c22-17(19-23)16(14-6-2-1-3-7-14)21-12-10-20(11-13-21)15-8-4-5-9-18-15/h1-9,16,23H,10-13H2,(H,19,22). The molecular formula is C17H20N4O2. The van der Waals surface area contributed by atoms with E-state index in [0.29, 0.717) is 0 Å². The first-order valence-electron chi connectivity index (χ1n) is 7.68. The first kappa shape index (κ1) is 15.5. The number of piperazine rings is 1. The van der Waals surface area contributed by atoms with Gasteiger partial charge in [-0.3, -0.25) is 14.9 Å². The van der Waals surface area contributed by atoms with E-state index >= 15 is 0 Å². The van der Waals surface area contributed by atoms with Crippen LogP contribution in [-0.2, 0) is 4.79 Å². The normalized spacial score (nSPS) is 16.8. The minimum Gasteiger partial charge on any atom is -0.354 e. The van der Waals surface area contributed by atoms with E-state index in [-0.39, 0.29) is 0 Å². The second kappa shape index (κ2) is 7.21. The van der Waals surface area contributed by atoms with Crippen LogP contribution in [0, 0.1) is 0 Å². The van der Waals surface area contributed by atoms with Gasteiger partial charge in [0, 0.05) is 32.4 Å². The summed E-state index contributed by atoms with van der Waals surface area (Å²) in [6, 6.07) is 14.9. The molecule has 1 atom stereocenters. The van der Waals surface area contributed by atoms with Crippen LogP contribution in [0.5, 0.6) is 0 Å². The van der Waals surface area contributed by atoms with Crippen molar-refractivity contribution in [1.29, 1.82) is 0 Å². The zero-order chi connectivity index (χ0) is 16.1. The molecule has 0 spiro atoms. The molecule has 1 aliphatic rings. The van der Waals surface area contributed by atoms with Gasteiger partial charge < -0.3 is 4.90 Å². The SMILES string of the molecule is O=C(NO)C(c1ccccc1)N1CCN(c2ccccn2)CC1. The molecule has 1 aromatic heterocycles. The zero-order valence-corrected chi connectivity index (χ0v) is 12.8. The van der Waals surface area contributed by atoms with Crippen molar-refractivity contribution in [3.63, 3.8) is 0 Å². The van der Waals surface area contributed by atoms with Gasteiger partial charge in [0.05, 0.1) is 0 Å². The second-order valence-corrected chi connectivity index (χ2v) is 5.50. The quantitative estimate of drug-likeness (QED) is 0.661. The molecule has 1 saturated heterocycles. The molecule has 23 heavy (non-hydrogen) atoms. The Kier molecular flexibility index (Phi) is 4.85. The summed E-state index contributed by atoms with van der Waals surface area (Å²) in [5.41, 5.74) is 2.68. The minimum absolute atomic E-state index is 0.400. The van der Waals surface area contributed by atoms with Crippen LogP contribution in [0.25, 0.3) is 0 Å². The number of nitrogens with zero attached hydrogens (tertiary/aromatic N) is 3. The van der Waals surface area contributed by atoms with Gasteiger partial charge in [-0.25, -0.2) is 10.5 Å². The molecule has 2 N–H and O–H groups in total. The van der Waals surface area contributed by atoms with Crippen LogP contribution in [0.2, 0.25) is 0 Å². The van der Waals surface area contributed by atoms with Gasteiger partial charge in [-0.05, 0) is 17.7 Å². The lowest BCUT2D eigenvalue weighted by Gasteiger charge is -2.38. The summed E-state index contributed by atoms with van der Waals surface area (Å²) in [5.74, 6) is 0.553. The topological polar surface area (TPSA) is 68.7 Å². The van der Waals surface area contributed by atoms with Crippen molar-refractivity contribution in [2.45, 2.75) is 6.04 Å². The summed E-state index contributed by atoms with van der Waals surface area (Å²) in [6.45, 7) is 3.03. The number of hydroxylamine groups is 1. The molecule has 1 amide bonds. The molecule has 6 nitrogen and oxygen atoms in total. The third-order valence-corrected chi connectivity index (χ3v) is 4.13. The Hall–Kier alpha value is -2.44. The Morgan fingerprint density at radius 1 is 1.04 bits per heavy atom. The van der Waals surface area contributed by atoms with Gasteiger partial charge in [-0.1, -0.05) is 36.4 Å². The smallest absolute Gasteiger partial charge is 0.265 e. The fourth-order valence-electron chi connectivity index (χ4n) is 2.97. The van der Waals surface area contributed by atoms with Gasteiger partial charge in [0.1, 0.15) is 11.9 Å². The molecule has 0 saturated carbocycles. The van der Waals surface area contributed by atoms with Gasteiger partial charge in [-0.15, -0.1) is 0 Å². The lowest BCUT2D eigenvalue weighted by Crippen LogP contribution is -2.51. The predicted molar refractivity (Wildman–Crippen MR) is 87.1 cm³/mol. The second-order valence-electron chi connectivity index (χ2n) is 5.50. The number of hydrogen-bond donors (Lipinski definition) is 2. The van der Waals surface area contributed by atoms with E-state index in [9.17, 15) is 4.79 Å². The third kappa shape index (κ3) is 3.49. The van der Waals surface area contributed by atoms with Crippen molar-refractivity contribution in [3.05, 3.63) is 60.3 Å². The lowest BCUT2D eigenvalue weighted by atomic mass is 10.0. The monoisotopic (exact) mass is 312 g/mol. The summed E-state index contributed by atoms with van der Waals surface area (Å²) < 4.78 is 0. The van der Waals surface area contributed by atoms with Crippen molar-refractivity contribution in [1.82, 2.24) is 15.4 Å². The molecule has 1 fully saturated rings. The average molecular weight is 312 g/mol. The molecular weight excluding hydrogens is 292 g/mol. The molecule has 6 heteroatoms. The predicted octanol–water partition coefficient (Wildman–Crippen LogP) is 1.45. The van der Waals surface area contributed by atoms with E-state index in [4.69, 9.17) is 5.21 Å². The molecule has 2 aromatic rings. The van der Waals surface area contributed by atoms with Crippen LogP contribution in [0.1, 0.15) is 11.6 Å². The highest BCUT2D eigenvalue weighted by Crippen LogP contribution is 2.23. The first-order valence-corrected chi connectivity index (χ1v) is 7.68. The number of carbonyl (C=O) groups is 1. The molecule has 0 aliphatic carbocycles. The Labute approximate surface area is 135 Å². The molecule has 120 valence electrons. The molecule has 3 rings (SSSR count). The van der Waals surface area contributed by atoms with Crippen LogP contribution in [0.4, 0.5) is 5.82 Å². The summed E-state index contributed by atoms with van der Waals surface area (Å²) in [7, 11) is 0. The number of carbonyl (C=O) groups excluding carboxylic acids is 1. The number of anilines is 1. The van der Waals surface area contributed by atoms with E-state index < -0.39 is 11.9 Å². The molecule has 2 heterocycles. The van der Waals surface area contributed by atoms with Crippen LogP contribution in [-0.4, -0.2) is 47.2 Å². The van der Waals surface area contributed by atoms with Crippen LogP contribution >= 0.6 is 0 Å². The fourth-order valence-corrected chi connectivity index (χ4v) is 2.97. The maximum absolute atomic E-state index is 12.1. The first-order chi connectivity index (χ1) is 11.3. The zero-order valence-electron chi connectivity index (χ0n) is 12.8. The van der Waals surface area contributed by atoms with Gasteiger partial charge in [0.2, 0.25) is 0 Å². The highest BCUT2D eigenvalue weighted by molar-refractivity contribution is 5.82. The van der Waals surface area contributed by atoms with Gasteiger partial charge in [-0.2, -0.15) is 0 Å². The van der Waals surface area contributed by atoms with Crippen molar-refractivity contribution < 1.29 is 10.0 Å². The fraction of sp³-hybridized carbons (Fsp3) is 0.294. The highest BCUT2D eigenvalue weighted by atomic mass is 16.5. The Balaban J connectivity index is 1.72. The van der Waals surface area contributed by atoms with Crippen LogP contribution < -0.4 is 10.4 Å². The summed E-state index contributed by atoms with van der Waals surface area (Å²) >= 11 is 0. The molecule has 1 aliphatic heterocycles. The number of benzene rings is 1. The number of nitrogens with one attached hydrogen (secondary N) is 1. The number of hydrogen-bond acceptors (Lipinski definition) is 5. The van der Waals surface area contributed by atoms with E-state index in [1.807, 2.05) is 48.5 Å². The third-order valence-electron chi connectivity index (χ3n) is 4.13. The molecule has 1 unspecified atom stereocenters.